The van der Waals surface area contributed by atoms with Crippen molar-refractivity contribution in [1.29, 1.82) is 0 Å². The molecule has 2 aromatic rings. The highest BCUT2D eigenvalue weighted by Crippen LogP contribution is 2.38. The number of hydrogen-bond donors (Lipinski definition) is 2. The average molecular weight is 496 g/mol. The Labute approximate surface area is 211 Å². The number of amides is 2. The zero-order valence-corrected chi connectivity index (χ0v) is 20.8. The predicted molar refractivity (Wildman–Crippen MR) is 135 cm³/mol. The molecule has 3 atom stereocenters. The molecule has 2 aliphatic rings. The van der Waals surface area contributed by atoms with Gasteiger partial charge in [0.15, 0.2) is 0 Å². The van der Waals surface area contributed by atoms with Crippen molar-refractivity contribution in [3.8, 4) is 0 Å². The SMILES string of the molecule is COC(=O)c1ccc(NC(=O)[C@@H]2[C@H](c3ccccc3)CCN2C(=O)[C@H]2CC[C@H](C(C)N)CC2)cc1F. The normalized spacial score (nSPS) is 24.7. The van der Waals surface area contributed by atoms with Crippen LogP contribution in [0.3, 0.4) is 0 Å². The molecule has 2 aromatic carbocycles. The van der Waals surface area contributed by atoms with E-state index in [1.165, 1.54) is 19.2 Å². The van der Waals surface area contributed by atoms with E-state index in [1.807, 2.05) is 37.3 Å². The van der Waals surface area contributed by atoms with E-state index >= 15 is 0 Å². The van der Waals surface area contributed by atoms with Gasteiger partial charge >= 0.3 is 5.97 Å². The Bertz CT molecular complexity index is 1100. The summed E-state index contributed by atoms with van der Waals surface area (Å²) in [6.07, 6.45) is 4.02. The second kappa shape index (κ2) is 11.2. The number of benzene rings is 2. The standard InChI is InChI=1S/C28H34FN3O4/c1-17(30)18-8-10-20(11-9-18)27(34)32-15-14-22(19-6-4-3-5-7-19)25(32)26(33)31-21-12-13-23(24(29)16-21)28(35)36-2/h3-7,12-13,16-18,20,22,25H,8-11,14-15,30H2,1-2H3,(H,31,33)/t17?,18-,20-,22-,25-/m0/s1. The van der Waals surface area contributed by atoms with Crippen molar-refractivity contribution in [1.82, 2.24) is 4.90 Å². The van der Waals surface area contributed by atoms with Crippen molar-refractivity contribution in [2.45, 2.75) is 57.0 Å². The van der Waals surface area contributed by atoms with Gasteiger partial charge in [0, 0.05) is 30.1 Å². The van der Waals surface area contributed by atoms with Gasteiger partial charge in [-0.3, -0.25) is 9.59 Å². The number of rotatable bonds is 6. The highest BCUT2D eigenvalue weighted by molar-refractivity contribution is 5.99. The first kappa shape index (κ1) is 25.8. The number of carbonyl (C=O) groups is 3. The number of anilines is 1. The molecule has 1 saturated carbocycles. The van der Waals surface area contributed by atoms with E-state index in [4.69, 9.17) is 5.73 Å². The van der Waals surface area contributed by atoms with E-state index in [1.54, 1.807) is 4.90 Å². The quantitative estimate of drug-likeness (QED) is 0.588. The fourth-order valence-corrected chi connectivity index (χ4v) is 5.62. The number of carbonyl (C=O) groups excluding carboxylic acids is 3. The van der Waals surface area contributed by atoms with Gasteiger partial charge in [-0.05, 0) is 68.7 Å². The van der Waals surface area contributed by atoms with Crippen LogP contribution < -0.4 is 11.1 Å². The summed E-state index contributed by atoms with van der Waals surface area (Å²) in [5.74, 6) is -1.82. The lowest BCUT2D eigenvalue weighted by Gasteiger charge is -2.34. The molecule has 3 N–H and O–H groups in total. The summed E-state index contributed by atoms with van der Waals surface area (Å²) in [6.45, 7) is 2.50. The Morgan fingerprint density at radius 2 is 1.75 bits per heavy atom. The molecule has 8 heteroatoms. The minimum Gasteiger partial charge on any atom is -0.465 e. The van der Waals surface area contributed by atoms with Crippen LogP contribution >= 0.6 is 0 Å². The molecule has 1 saturated heterocycles. The maximum atomic E-state index is 14.5. The molecule has 0 aromatic heterocycles. The second-order valence-corrected chi connectivity index (χ2v) is 9.93. The van der Waals surface area contributed by atoms with Gasteiger partial charge in [-0.1, -0.05) is 30.3 Å². The van der Waals surface area contributed by atoms with Crippen LogP contribution in [0, 0.1) is 17.7 Å². The average Bonchev–Trinajstić information content (AvgIpc) is 3.34. The smallest absolute Gasteiger partial charge is 0.340 e. The van der Waals surface area contributed by atoms with Crippen LogP contribution in [0.1, 0.15) is 60.9 Å². The molecule has 2 fully saturated rings. The number of likely N-dealkylation sites (tertiary alicyclic amines) is 1. The maximum absolute atomic E-state index is 14.5. The van der Waals surface area contributed by atoms with Gasteiger partial charge in [0.1, 0.15) is 11.9 Å². The second-order valence-electron chi connectivity index (χ2n) is 9.93. The number of halogens is 1. The lowest BCUT2D eigenvalue weighted by Crippen LogP contribution is -2.48. The summed E-state index contributed by atoms with van der Waals surface area (Å²) >= 11 is 0. The topological polar surface area (TPSA) is 102 Å². The lowest BCUT2D eigenvalue weighted by atomic mass is 9.78. The van der Waals surface area contributed by atoms with E-state index < -0.39 is 17.8 Å². The fourth-order valence-electron chi connectivity index (χ4n) is 5.62. The summed E-state index contributed by atoms with van der Waals surface area (Å²) in [5.41, 5.74) is 7.07. The summed E-state index contributed by atoms with van der Waals surface area (Å²) in [4.78, 5) is 40.6. The Balaban J connectivity index is 1.55. The first-order valence-corrected chi connectivity index (χ1v) is 12.6. The van der Waals surface area contributed by atoms with Crippen LogP contribution in [0.2, 0.25) is 0 Å². The van der Waals surface area contributed by atoms with E-state index in [0.29, 0.717) is 18.9 Å². The van der Waals surface area contributed by atoms with Crippen molar-refractivity contribution < 1.29 is 23.5 Å². The van der Waals surface area contributed by atoms with Gasteiger partial charge in [0.25, 0.3) is 0 Å². The third-order valence-corrected chi connectivity index (χ3v) is 7.68. The molecule has 4 rings (SSSR count). The molecule has 0 spiro atoms. The molecule has 0 radical (unpaired) electrons. The van der Waals surface area contributed by atoms with Crippen LogP contribution in [0.4, 0.5) is 10.1 Å². The number of esters is 1. The minimum atomic E-state index is -0.791. The molecule has 36 heavy (non-hydrogen) atoms. The van der Waals surface area contributed by atoms with Gasteiger partial charge in [-0.25, -0.2) is 9.18 Å². The molecule has 1 heterocycles. The number of hydrogen-bond acceptors (Lipinski definition) is 5. The monoisotopic (exact) mass is 495 g/mol. The molecule has 1 aliphatic heterocycles. The zero-order valence-electron chi connectivity index (χ0n) is 20.8. The van der Waals surface area contributed by atoms with Crippen molar-refractivity contribution in [2.75, 3.05) is 19.0 Å². The molecule has 7 nitrogen and oxygen atoms in total. The fraction of sp³-hybridized carbons (Fsp3) is 0.464. The van der Waals surface area contributed by atoms with Crippen LogP contribution in [-0.2, 0) is 14.3 Å². The zero-order chi connectivity index (χ0) is 25.8. The van der Waals surface area contributed by atoms with Crippen LogP contribution in [0.15, 0.2) is 48.5 Å². The van der Waals surface area contributed by atoms with Crippen LogP contribution in [-0.4, -0.2) is 48.4 Å². The van der Waals surface area contributed by atoms with Gasteiger partial charge in [-0.15, -0.1) is 0 Å². The Kier molecular flexibility index (Phi) is 8.04. The highest BCUT2D eigenvalue weighted by atomic mass is 19.1. The molecule has 2 amide bonds. The van der Waals surface area contributed by atoms with Gasteiger partial charge in [-0.2, -0.15) is 0 Å². The number of nitrogens with two attached hydrogens (primary N) is 1. The van der Waals surface area contributed by atoms with Gasteiger partial charge in [0.2, 0.25) is 11.8 Å². The van der Waals surface area contributed by atoms with E-state index in [9.17, 15) is 18.8 Å². The molecule has 1 unspecified atom stereocenters. The number of methoxy groups -OCH3 is 1. The summed E-state index contributed by atoms with van der Waals surface area (Å²) in [6, 6.07) is 12.9. The minimum absolute atomic E-state index is 0.00363. The van der Waals surface area contributed by atoms with E-state index in [2.05, 4.69) is 10.1 Å². The van der Waals surface area contributed by atoms with Gasteiger partial charge in [0.05, 0.1) is 12.7 Å². The summed E-state index contributed by atoms with van der Waals surface area (Å²) < 4.78 is 19.0. The lowest BCUT2D eigenvalue weighted by molar-refractivity contribution is -0.141. The number of nitrogens with one attached hydrogen (secondary N) is 1. The van der Waals surface area contributed by atoms with Crippen LogP contribution in [0.5, 0.6) is 0 Å². The number of ether oxygens (including phenoxy) is 1. The van der Waals surface area contributed by atoms with E-state index in [0.717, 1.165) is 37.3 Å². The Morgan fingerprint density at radius 3 is 2.36 bits per heavy atom. The van der Waals surface area contributed by atoms with Crippen molar-refractivity contribution in [3.05, 3.63) is 65.5 Å². The third-order valence-electron chi connectivity index (χ3n) is 7.68. The van der Waals surface area contributed by atoms with Crippen molar-refractivity contribution in [2.24, 2.45) is 17.6 Å². The Hall–Kier alpha value is -3.26. The maximum Gasteiger partial charge on any atom is 0.340 e. The van der Waals surface area contributed by atoms with Crippen LogP contribution in [0.25, 0.3) is 0 Å². The number of nitrogens with zero attached hydrogens (tertiary/aromatic N) is 1. The molecular weight excluding hydrogens is 461 g/mol. The van der Waals surface area contributed by atoms with Gasteiger partial charge < -0.3 is 20.7 Å². The van der Waals surface area contributed by atoms with Crippen molar-refractivity contribution >= 4 is 23.5 Å². The predicted octanol–water partition coefficient (Wildman–Crippen LogP) is 4.09. The molecule has 0 bridgehead atoms. The van der Waals surface area contributed by atoms with Crippen molar-refractivity contribution in [3.63, 3.8) is 0 Å². The first-order chi connectivity index (χ1) is 17.3. The molecule has 192 valence electrons. The molecular formula is C28H34FN3O4. The Morgan fingerprint density at radius 1 is 1.06 bits per heavy atom. The summed E-state index contributed by atoms with van der Waals surface area (Å²) in [7, 11) is 1.18. The first-order valence-electron chi connectivity index (χ1n) is 12.6. The third kappa shape index (κ3) is 5.43. The summed E-state index contributed by atoms with van der Waals surface area (Å²) in [5, 5.41) is 2.78. The molecule has 1 aliphatic carbocycles. The largest absolute Gasteiger partial charge is 0.465 e. The highest BCUT2D eigenvalue weighted by Gasteiger charge is 2.44. The van der Waals surface area contributed by atoms with E-state index in [-0.39, 0.29) is 40.9 Å².